The Morgan fingerprint density at radius 3 is 2.67 bits per heavy atom. The Hall–Kier alpha value is -1.59. The maximum atomic E-state index is 12.1. The van der Waals surface area contributed by atoms with Gasteiger partial charge in [0, 0.05) is 12.6 Å². The first-order valence-corrected chi connectivity index (χ1v) is 4.20. The third kappa shape index (κ3) is 2.93. The van der Waals surface area contributed by atoms with Crippen LogP contribution < -0.4 is 5.56 Å². The zero-order chi connectivity index (χ0) is 11.5. The molecule has 0 atom stereocenters. The Bertz CT molecular complexity index is 420. The van der Waals surface area contributed by atoms with Gasteiger partial charge in [-0.25, -0.2) is 4.98 Å². The van der Waals surface area contributed by atoms with Crippen molar-refractivity contribution in [1.29, 1.82) is 0 Å². The molecule has 1 aromatic heterocycles. The summed E-state index contributed by atoms with van der Waals surface area (Å²) < 4.78 is 37.5. The molecule has 0 bridgehead atoms. The van der Waals surface area contributed by atoms with Gasteiger partial charge in [-0.2, -0.15) is 13.2 Å². The van der Waals surface area contributed by atoms with Crippen molar-refractivity contribution in [3.05, 3.63) is 40.6 Å². The highest BCUT2D eigenvalue weighted by molar-refractivity contribution is 5.04. The van der Waals surface area contributed by atoms with Gasteiger partial charge >= 0.3 is 6.18 Å². The van der Waals surface area contributed by atoms with Crippen LogP contribution in [0.25, 0.3) is 0 Å². The first kappa shape index (κ1) is 11.5. The van der Waals surface area contributed by atoms with Gasteiger partial charge in [0.25, 0.3) is 5.56 Å². The number of halogens is 3. The van der Waals surface area contributed by atoms with E-state index in [0.29, 0.717) is 6.07 Å². The zero-order valence-corrected chi connectivity index (χ0v) is 7.95. The Morgan fingerprint density at radius 1 is 1.53 bits per heavy atom. The quantitative estimate of drug-likeness (QED) is 0.710. The summed E-state index contributed by atoms with van der Waals surface area (Å²) in [6.45, 7) is 1.98. The predicted octanol–water partition coefficient (Wildman–Crippen LogP) is 1.84. The second-order valence-electron chi connectivity index (χ2n) is 2.83. The summed E-state index contributed by atoms with van der Waals surface area (Å²) in [4.78, 5) is 14.3. The van der Waals surface area contributed by atoms with E-state index in [-0.39, 0.29) is 6.54 Å². The van der Waals surface area contributed by atoms with Gasteiger partial charge in [0.2, 0.25) is 0 Å². The smallest absolute Gasteiger partial charge is 0.295 e. The van der Waals surface area contributed by atoms with E-state index in [1.54, 1.807) is 19.1 Å². The molecule has 0 fully saturated rings. The monoisotopic (exact) mass is 218 g/mol. The zero-order valence-electron chi connectivity index (χ0n) is 7.95. The van der Waals surface area contributed by atoms with Crippen molar-refractivity contribution in [2.45, 2.75) is 19.6 Å². The van der Waals surface area contributed by atoms with Crippen LogP contribution >= 0.6 is 0 Å². The van der Waals surface area contributed by atoms with Crippen LogP contribution in [0.2, 0.25) is 0 Å². The molecule has 0 radical (unpaired) electrons. The summed E-state index contributed by atoms with van der Waals surface area (Å²) in [6.07, 6.45) is -0.329. The molecule has 82 valence electrons. The fraction of sp³-hybridized carbons (Fsp3) is 0.333. The summed E-state index contributed by atoms with van der Waals surface area (Å²) in [5.74, 6) is 0. The van der Waals surface area contributed by atoms with E-state index >= 15 is 0 Å². The third-order valence-electron chi connectivity index (χ3n) is 1.71. The van der Waals surface area contributed by atoms with Gasteiger partial charge in [0.05, 0.1) is 6.33 Å². The molecule has 0 unspecified atom stereocenters. The minimum atomic E-state index is -4.57. The molecule has 0 aliphatic carbocycles. The summed E-state index contributed by atoms with van der Waals surface area (Å²) >= 11 is 0. The predicted molar refractivity (Wildman–Crippen MR) is 48.3 cm³/mol. The van der Waals surface area contributed by atoms with E-state index in [2.05, 4.69) is 4.98 Å². The normalized spacial score (nSPS) is 12.3. The molecule has 1 heterocycles. The second-order valence-corrected chi connectivity index (χ2v) is 2.83. The largest absolute Gasteiger partial charge is 0.433 e. The number of hydrogen-bond donors (Lipinski definition) is 0. The lowest BCUT2D eigenvalue weighted by molar-refractivity contribution is -0.141. The van der Waals surface area contributed by atoms with Crippen LogP contribution in [0.15, 0.2) is 29.3 Å². The number of aromatic nitrogens is 2. The summed E-state index contributed by atoms with van der Waals surface area (Å²) in [5, 5.41) is 0. The van der Waals surface area contributed by atoms with Crippen LogP contribution in [-0.2, 0) is 12.7 Å². The number of alkyl halides is 3. The standard InChI is InChI=1S/C9H9F3N2O/c1-2-3-4-14-6-13-7(5-8(14)15)9(10,11)12/h2-3,5-6H,4H2,1H3/b3-2+. The molecule has 1 aromatic rings. The van der Waals surface area contributed by atoms with E-state index in [0.717, 1.165) is 10.9 Å². The summed E-state index contributed by atoms with van der Waals surface area (Å²) in [7, 11) is 0. The van der Waals surface area contributed by atoms with Crippen LogP contribution in [0.5, 0.6) is 0 Å². The number of nitrogens with zero attached hydrogens (tertiary/aromatic N) is 2. The molecule has 0 saturated carbocycles. The van der Waals surface area contributed by atoms with E-state index in [1.807, 2.05) is 0 Å². The fourth-order valence-corrected chi connectivity index (χ4v) is 0.937. The van der Waals surface area contributed by atoms with Gasteiger partial charge < -0.3 is 0 Å². The Balaban J connectivity index is 3.04. The Labute approximate surface area is 83.9 Å². The lowest BCUT2D eigenvalue weighted by atomic mass is 10.4. The van der Waals surface area contributed by atoms with Crippen LogP contribution in [0.1, 0.15) is 12.6 Å². The highest BCUT2D eigenvalue weighted by atomic mass is 19.4. The molecule has 0 N–H and O–H groups in total. The molecular weight excluding hydrogens is 209 g/mol. The highest BCUT2D eigenvalue weighted by Crippen LogP contribution is 2.25. The summed E-state index contributed by atoms with van der Waals surface area (Å²) in [6, 6.07) is 0.490. The molecule has 0 spiro atoms. The molecular formula is C9H9F3N2O. The number of allylic oxidation sites excluding steroid dienone is 2. The lowest BCUT2D eigenvalue weighted by Gasteiger charge is -2.06. The van der Waals surface area contributed by atoms with Crippen LogP contribution in [-0.4, -0.2) is 9.55 Å². The number of hydrogen-bond acceptors (Lipinski definition) is 2. The molecule has 1 rings (SSSR count). The van der Waals surface area contributed by atoms with Gasteiger partial charge in [-0.3, -0.25) is 9.36 Å². The van der Waals surface area contributed by atoms with Crippen molar-refractivity contribution < 1.29 is 13.2 Å². The van der Waals surface area contributed by atoms with E-state index in [4.69, 9.17) is 0 Å². The molecule has 0 saturated heterocycles. The molecule has 0 aliphatic heterocycles. The minimum absolute atomic E-state index is 0.223. The first-order valence-electron chi connectivity index (χ1n) is 4.20. The highest BCUT2D eigenvalue weighted by Gasteiger charge is 2.32. The van der Waals surface area contributed by atoms with E-state index in [1.165, 1.54) is 0 Å². The SMILES string of the molecule is C/C=C/Cn1cnc(C(F)(F)F)cc1=O. The molecule has 15 heavy (non-hydrogen) atoms. The van der Waals surface area contributed by atoms with Gasteiger partial charge in [0.1, 0.15) is 0 Å². The maximum Gasteiger partial charge on any atom is 0.433 e. The molecule has 6 heteroatoms. The lowest BCUT2D eigenvalue weighted by Crippen LogP contribution is -2.22. The second kappa shape index (κ2) is 4.29. The van der Waals surface area contributed by atoms with Crippen molar-refractivity contribution in [3.63, 3.8) is 0 Å². The van der Waals surface area contributed by atoms with E-state index < -0.39 is 17.4 Å². The van der Waals surface area contributed by atoms with Crippen LogP contribution in [0, 0.1) is 0 Å². The molecule has 0 aromatic carbocycles. The van der Waals surface area contributed by atoms with Gasteiger partial charge in [-0.1, -0.05) is 12.2 Å². The first-order chi connectivity index (χ1) is 6.95. The van der Waals surface area contributed by atoms with Crippen molar-refractivity contribution in [3.8, 4) is 0 Å². The van der Waals surface area contributed by atoms with Gasteiger partial charge in [-0.15, -0.1) is 0 Å². The average Bonchev–Trinajstić information content (AvgIpc) is 2.14. The van der Waals surface area contributed by atoms with E-state index in [9.17, 15) is 18.0 Å². The van der Waals surface area contributed by atoms with Gasteiger partial charge in [0.15, 0.2) is 5.69 Å². The fourth-order valence-electron chi connectivity index (χ4n) is 0.937. The van der Waals surface area contributed by atoms with Crippen molar-refractivity contribution in [2.75, 3.05) is 0 Å². The van der Waals surface area contributed by atoms with Crippen LogP contribution in [0.4, 0.5) is 13.2 Å². The average molecular weight is 218 g/mol. The third-order valence-corrected chi connectivity index (χ3v) is 1.71. The molecule has 3 nitrogen and oxygen atoms in total. The molecule has 0 amide bonds. The Morgan fingerprint density at radius 2 is 2.20 bits per heavy atom. The van der Waals surface area contributed by atoms with Gasteiger partial charge in [-0.05, 0) is 6.92 Å². The summed E-state index contributed by atoms with van der Waals surface area (Å²) in [5.41, 5.74) is -1.88. The Kier molecular flexibility index (Phi) is 3.28. The van der Waals surface area contributed by atoms with Crippen molar-refractivity contribution in [2.24, 2.45) is 0 Å². The number of rotatable bonds is 2. The maximum absolute atomic E-state index is 12.1. The van der Waals surface area contributed by atoms with Crippen molar-refractivity contribution in [1.82, 2.24) is 9.55 Å². The topological polar surface area (TPSA) is 34.9 Å². The molecule has 0 aliphatic rings. The minimum Gasteiger partial charge on any atom is -0.295 e. The van der Waals surface area contributed by atoms with Crippen molar-refractivity contribution >= 4 is 0 Å². The van der Waals surface area contributed by atoms with Crippen LogP contribution in [0.3, 0.4) is 0 Å².